The quantitative estimate of drug-likeness (QED) is 0.183. The maximum atomic E-state index is 13.5. The molecule has 7 nitrogen and oxygen atoms in total. The van der Waals surface area contributed by atoms with E-state index in [1.54, 1.807) is 18.2 Å². The molecule has 0 aliphatic carbocycles. The number of halogens is 1. The van der Waals surface area contributed by atoms with E-state index in [1.807, 2.05) is 46.7 Å². The van der Waals surface area contributed by atoms with E-state index in [1.165, 1.54) is 18.2 Å². The van der Waals surface area contributed by atoms with Crippen LogP contribution >= 0.6 is 11.6 Å². The van der Waals surface area contributed by atoms with Crippen LogP contribution < -0.4 is 5.32 Å². The first-order chi connectivity index (χ1) is 17.9. The smallest absolute Gasteiger partial charge is 0.248 e. The maximum Gasteiger partial charge on any atom is 0.248 e. The number of aromatic nitrogens is 3. The van der Waals surface area contributed by atoms with Gasteiger partial charge in [0.2, 0.25) is 11.7 Å². The number of carbonyl (C=O) groups is 2. The van der Waals surface area contributed by atoms with Crippen LogP contribution in [-0.4, -0.2) is 31.8 Å². The summed E-state index contributed by atoms with van der Waals surface area (Å²) in [5, 5.41) is 17.7. The fourth-order valence-corrected chi connectivity index (χ4v) is 4.60. The van der Waals surface area contributed by atoms with Crippen molar-refractivity contribution in [1.82, 2.24) is 14.2 Å². The van der Waals surface area contributed by atoms with Crippen molar-refractivity contribution in [2.75, 3.05) is 11.2 Å². The van der Waals surface area contributed by atoms with E-state index in [9.17, 15) is 14.9 Å². The third kappa shape index (κ3) is 4.39. The minimum absolute atomic E-state index is 0.195. The van der Waals surface area contributed by atoms with E-state index in [0.717, 1.165) is 33.1 Å². The van der Waals surface area contributed by atoms with Crippen LogP contribution in [0.25, 0.3) is 27.5 Å². The fourth-order valence-electron chi connectivity index (χ4n) is 4.51. The minimum Gasteiger partial charge on any atom is -0.321 e. The lowest BCUT2D eigenvalue weighted by Crippen LogP contribution is -2.11. The second-order valence-corrected chi connectivity index (χ2v) is 8.95. The summed E-state index contributed by atoms with van der Waals surface area (Å²) >= 11 is 5.57. The zero-order chi connectivity index (χ0) is 26.1. The van der Waals surface area contributed by atoms with Gasteiger partial charge in [-0.15, -0.1) is 11.6 Å². The number of amides is 1. The van der Waals surface area contributed by atoms with Crippen molar-refractivity contribution in [3.05, 3.63) is 102 Å². The molecular formula is C29H22ClN5O2. The number of hydrogen-bond donors (Lipinski definition) is 1. The van der Waals surface area contributed by atoms with Crippen LogP contribution in [0.1, 0.15) is 27.2 Å². The lowest BCUT2D eigenvalue weighted by atomic mass is 9.98. The lowest BCUT2D eigenvalue weighted by molar-refractivity contribution is -0.111. The van der Waals surface area contributed by atoms with Gasteiger partial charge in [-0.2, -0.15) is 10.4 Å². The van der Waals surface area contributed by atoms with Gasteiger partial charge in [0.15, 0.2) is 0 Å². The van der Waals surface area contributed by atoms with Crippen LogP contribution in [0.4, 0.5) is 5.69 Å². The number of allylic oxidation sites excluding steroid dienone is 1. The summed E-state index contributed by atoms with van der Waals surface area (Å²) < 4.78 is 3.72. The number of nitrogens with zero attached hydrogens (tertiary/aromatic N) is 4. The van der Waals surface area contributed by atoms with Crippen LogP contribution in [0.3, 0.4) is 0 Å². The van der Waals surface area contributed by atoms with Crippen molar-refractivity contribution >= 4 is 45.4 Å². The van der Waals surface area contributed by atoms with Gasteiger partial charge in [0.05, 0.1) is 34.2 Å². The molecule has 0 radical (unpaired) electrons. The third-order valence-electron chi connectivity index (χ3n) is 6.33. The molecule has 3 aromatic heterocycles. The Morgan fingerprint density at radius 2 is 1.95 bits per heavy atom. The molecule has 3 heterocycles. The molecule has 0 aliphatic rings. The predicted octanol–water partition coefficient (Wildman–Crippen LogP) is 5.64. The van der Waals surface area contributed by atoms with Crippen LogP contribution in [0.15, 0.2) is 79.1 Å². The van der Waals surface area contributed by atoms with Crippen LogP contribution in [0.2, 0.25) is 0 Å². The second-order valence-electron chi connectivity index (χ2n) is 8.64. The number of pyridine rings is 1. The highest BCUT2D eigenvalue weighted by atomic mass is 35.5. The van der Waals surface area contributed by atoms with Crippen molar-refractivity contribution < 1.29 is 9.59 Å². The predicted molar refractivity (Wildman–Crippen MR) is 145 cm³/mol. The number of hydrogen-bond acceptors (Lipinski definition) is 4. The van der Waals surface area contributed by atoms with Crippen molar-refractivity contribution in [3.63, 3.8) is 0 Å². The molecule has 0 bridgehead atoms. The largest absolute Gasteiger partial charge is 0.321 e. The van der Waals surface area contributed by atoms with E-state index in [2.05, 4.69) is 35.5 Å². The molecule has 1 N–H and O–H groups in total. The van der Waals surface area contributed by atoms with E-state index in [0.29, 0.717) is 16.9 Å². The second kappa shape index (κ2) is 9.76. The van der Waals surface area contributed by atoms with Crippen molar-refractivity contribution in [2.24, 2.45) is 7.05 Å². The number of nitriles is 1. The van der Waals surface area contributed by atoms with Gasteiger partial charge >= 0.3 is 0 Å². The summed E-state index contributed by atoms with van der Waals surface area (Å²) in [6.45, 7) is 2.06. The average molecular weight is 508 g/mol. The third-order valence-corrected chi connectivity index (χ3v) is 6.50. The molecule has 0 unspecified atom stereocenters. The molecular weight excluding hydrogens is 486 g/mol. The average Bonchev–Trinajstić information content (AvgIpc) is 3.50. The Bertz CT molecular complexity index is 1770. The molecule has 0 spiro atoms. The summed E-state index contributed by atoms with van der Waals surface area (Å²) in [7, 11) is 1.92. The SMILES string of the molecule is Cc1cc2c(cnn2C)cc1-c1cccn2c(C(=O)c3ccc(NC(=O)/C=C/CCl)c(C#N)c3)ccc12. The number of alkyl halides is 1. The normalized spacial score (nSPS) is 11.3. The lowest BCUT2D eigenvalue weighted by Gasteiger charge is -2.11. The van der Waals surface area contributed by atoms with E-state index in [4.69, 9.17) is 11.6 Å². The number of rotatable bonds is 6. The fraction of sp³-hybridized carbons (Fsp3) is 0.103. The molecule has 0 saturated heterocycles. The van der Waals surface area contributed by atoms with E-state index in [-0.39, 0.29) is 17.2 Å². The van der Waals surface area contributed by atoms with Gasteiger partial charge in [-0.25, -0.2) is 0 Å². The van der Waals surface area contributed by atoms with Gasteiger partial charge < -0.3 is 9.72 Å². The summed E-state index contributed by atoms with van der Waals surface area (Å²) in [6.07, 6.45) is 6.50. The Hall–Kier alpha value is -4.67. The molecule has 5 rings (SSSR count). The van der Waals surface area contributed by atoms with Crippen LogP contribution in [0.5, 0.6) is 0 Å². The van der Waals surface area contributed by atoms with Crippen LogP contribution in [-0.2, 0) is 11.8 Å². The summed E-state index contributed by atoms with van der Waals surface area (Å²) in [5.41, 5.74) is 6.48. The Morgan fingerprint density at radius 3 is 2.73 bits per heavy atom. The first-order valence-electron chi connectivity index (χ1n) is 11.6. The first-order valence-corrected chi connectivity index (χ1v) is 12.1. The zero-order valence-corrected chi connectivity index (χ0v) is 21.0. The number of ketones is 1. The van der Waals surface area contributed by atoms with Gasteiger partial charge in [-0.1, -0.05) is 12.1 Å². The molecule has 8 heteroatoms. The first kappa shape index (κ1) is 24.0. The highest BCUT2D eigenvalue weighted by Crippen LogP contribution is 2.32. The zero-order valence-electron chi connectivity index (χ0n) is 20.2. The maximum absolute atomic E-state index is 13.5. The standard InChI is InChI=1S/C29H22ClN5O2/c1-18-13-27-21(17-32-34(27)2)15-23(18)22-5-4-12-35-25(22)9-10-26(35)29(37)19-7-8-24(20(14-19)16-31)33-28(36)6-3-11-30/h3-10,12-15,17H,11H2,1-2H3,(H,33,36)/b6-3+. The van der Waals surface area contributed by atoms with Crippen molar-refractivity contribution in [3.8, 4) is 17.2 Å². The minimum atomic E-state index is -0.402. The number of anilines is 1. The van der Waals surface area contributed by atoms with E-state index < -0.39 is 5.91 Å². The monoisotopic (exact) mass is 507 g/mol. The molecule has 0 saturated carbocycles. The molecule has 1 amide bonds. The Labute approximate surface area is 218 Å². The Balaban J connectivity index is 1.52. The topological polar surface area (TPSA) is 92.2 Å². The van der Waals surface area contributed by atoms with Gasteiger partial charge in [-0.3, -0.25) is 14.3 Å². The summed E-state index contributed by atoms with van der Waals surface area (Å²) in [6, 6.07) is 18.6. The molecule has 0 aliphatic heterocycles. The number of nitrogens with one attached hydrogen (secondary N) is 1. The molecule has 182 valence electrons. The Morgan fingerprint density at radius 1 is 1.11 bits per heavy atom. The van der Waals surface area contributed by atoms with Crippen molar-refractivity contribution in [1.29, 1.82) is 5.26 Å². The van der Waals surface area contributed by atoms with Gasteiger partial charge in [-0.05, 0) is 66.6 Å². The number of benzene rings is 2. The highest BCUT2D eigenvalue weighted by Gasteiger charge is 2.18. The molecule has 5 aromatic rings. The highest BCUT2D eigenvalue weighted by molar-refractivity contribution is 6.19. The van der Waals surface area contributed by atoms with E-state index >= 15 is 0 Å². The number of aryl methyl sites for hydroxylation is 2. The summed E-state index contributed by atoms with van der Waals surface area (Å²) in [5.74, 6) is -0.426. The van der Waals surface area contributed by atoms with Gasteiger partial charge in [0, 0.05) is 41.7 Å². The van der Waals surface area contributed by atoms with Gasteiger partial charge in [0.25, 0.3) is 0 Å². The molecule has 0 atom stereocenters. The number of fused-ring (bicyclic) bond motifs is 2. The van der Waals surface area contributed by atoms with Crippen LogP contribution in [0, 0.1) is 18.3 Å². The molecule has 0 fully saturated rings. The molecule has 2 aromatic carbocycles. The van der Waals surface area contributed by atoms with Crippen molar-refractivity contribution in [2.45, 2.75) is 6.92 Å². The number of carbonyl (C=O) groups excluding carboxylic acids is 2. The summed E-state index contributed by atoms with van der Waals surface area (Å²) in [4.78, 5) is 25.5. The molecule has 37 heavy (non-hydrogen) atoms. The Kier molecular flexibility index (Phi) is 6.34. The van der Waals surface area contributed by atoms with Gasteiger partial charge in [0.1, 0.15) is 6.07 Å².